The summed E-state index contributed by atoms with van der Waals surface area (Å²) in [6.07, 6.45) is 2.23. The molecule has 1 saturated heterocycles. The van der Waals surface area contributed by atoms with Gasteiger partial charge in [0, 0.05) is 19.7 Å². The second kappa shape index (κ2) is 11.8. The Labute approximate surface area is 198 Å². The van der Waals surface area contributed by atoms with Gasteiger partial charge in [0.2, 0.25) is 11.1 Å². The van der Waals surface area contributed by atoms with Gasteiger partial charge in [-0.1, -0.05) is 54.2 Å². The Kier molecular flexibility index (Phi) is 8.32. The highest BCUT2D eigenvalue weighted by Gasteiger charge is 2.20. The van der Waals surface area contributed by atoms with Crippen LogP contribution in [0.25, 0.3) is 0 Å². The molecule has 0 N–H and O–H groups in total. The van der Waals surface area contributed by atoms with Crippen molar-refractivity contribution in [3.05, 3.63) is 65.7 Å². The molecule has 0 aliphatic carbocycles. The summed E-state index contributed by atoms with van der Waals surface area (Å²) in [5.74, 6) is 1.15. The summed E-state index contributed by atoms with van der Waals surface area (Å²) >= 11 is 1.37. The topological polar surface area (TPSA) is 82.4 Å². The monoisotopic (exact) mass is 467 g/mol. The molecule has 0 spiro atoms. The van der Waals surface area contributed by atoms with Gasteiger partial charge in [-0.2, -0.15) is 0 Å². The standard InChI is InChI=1S/C24H29N5O3S/c1-2-28(15-19-10-12-21(13-11-19)32-17-20-7-4-3-5-8-20)23(30)18-33-24-25-26-27-29(24)16-22-9-6-14-31-22/h3-5,7-8,10-13,22H,2,6,9,14-18H2,1H3. The van der Waals surface area contributed by atoms with E-state index in [0.717, 1.165) is 36.3 Å². The number of hydrogen-bond acceptors (Lipinski definition) is 7. The molecule has 1 aliphatic rings. The molecule has 2 aromatic carbocycles. The fourth-order valence-electron chi connectivity index (χ4n) is 3.64. The quantitative estimate of drug-likeness (QED) is 0.399. The Hall–Kier alpha value is -2.91. The molecule has 9 heteroatoms. The molecule has 174 valence electrons. The van der Waals surface area contributed by atoms with E-state index in [1.54, 1.807) is 4.68 Å². The van der Waals surface area contributed by atoms with E-state index in [9.17, 15) is 4.79 Å². The first kappa shape index (κ1) is 23.3. The summed E-state index contributed by atoms with van der Waals surface area (Å²) in [5.41, 5.74) is 2.19. The van der Waals surface area contributed by atoms with Crippen molar-refractivity contribution in [3.63, 3.8) is 0 Å². The zero-order valence-corrected chi connectivity index (χ0v) is 19.6. The van der Waals surface area contributed by atoms with Gasteiger partial charge in [-0.3, -0.25) is 4.79 Å². The number of ether oxygens (including phenoxy) is 2. The van der Waals surface area contributed by atoms with Gasteiger partial charge >= 0.3 is 0 Å². The van der Waals surface area contributed by atoms with Crippen molar-refractivity contribution in [3.8, 4) is 5.75 Å². The number of carbonyl (C=O) groups excluding carboxylic acids is 1. The predicted octanol–water partition coefficient (Wildman–Crippen LogP) is 3.57. The Balaban J connectivity index is 1.26. The molecule has 1 fully saturated rings. The maximum atomic E-state index is 12.8. The van der Waals surface area contributed by atoms with Crippen LogP contribution in [0.4, 0.5) is 0 Å². The van der Waals surface area contributed by atoms with Gasteiger partial charge in [-0.05, 0) is 53.5 Å². The van der Waals surface area contributed by atoms with Crippen molar-refractivity contribution in [2.75, 3.05) is 18.9 Å². The SMILES string of the molecule is CCN(Cc1ccc(OCc2ccccc2)cc1)C(=O)CSc1nnnn1CC1CCCO1. The normalized spacial score (nSPS) is 15.5. The molecule has 2 heterocycles. The average Bonchev–Trinajstić information content (AvgIpc) is 3.53. The largest absolute Gasteiger partial charge is 0.489 e. The van der Waals surface area contributed by atoms with Crippen LogP contribution in [0.1, 0.15) is 30.9 Å². The zero-order valence-electron chi connectivity index (χ0n) is 18.8. The molecule has 1 aromatic heterocycles. The molecule has 0 radical (unpaired) electrons. The Morgan fingerprint density at radius 2 is 2.00 bits per heavy atom. The van der Waals surface area contributed by atoms with E-state index in [1.165, 1.54) is 11.8 Å². The molecule has 0 bridgehead atoms. The predicted molar refractivity (Wildman–Crippen MR) is 126 cm³/mol. The lowest BCUT2D eigenvalue weighted by molar-refractivity contribution is -0.128. The van der Waals surface area contributed by atoms with Gasteiger partial charge in [0.05, 0.1) is 18.4 Å². The number of aromatic nitrogens is 4. The third-order valence-electron chi connectivity index (χ3n) is 5.50. The molecule has 33 heavy (non-hydrogen) atoms. The first-order chi connectivity index (χ1) is 16.2. The zero-order chi connectivity index (χ0) is 22.9. The van der Waals surface area contributed by atoms with Crippen LogP contribution in [-0.4, -0.2) is 56.0 Å². The van der Waals surface area contributed by atoms with Crippen molar-refractivity contribution in [1.82, 2.24) is 25.1 Å². The van der Waals surface area contributed by atoms with E-state index >= 15 is 0 Å². The van der Waals surface area contributed by atoms with E-state index < -0.39 is 0 Å². The first-order valence-electron chi connectivity index (χ1n) is 11.2. The summed E-state index contributed by atoms with van der Waals surface area (Å²) in [6, 6.07) is 18.0. The molecule has 3 aromatic rings. The number of hydrogen-bond donors (Lipinski definition) is 0. The number of rotatable bonds is 11. The smallest absolute Gasteiger partial charge is 0.233 e. The van der Waals surface area contributed by atoms with E-state index in [4.69, 9.17) is 9.47 Å². The van der Waals surface area contributed by atoms with Crippen LogP contribution in [0.5, 0.6) is 5.75 Å². The van der Waals surface area contributed by atoms with Crippen LogP contribution in [-0.2, 0) is 29.2 Å². The van der Waals surface area contributed by atoms with Gasteiger partial charge in [-0.25, -0.2) is 4.68 Å². The summed E-state index contributed by atoms with van der Waals surface area (Å²) in [4.78, 5) is 14.7. The van der Waals surface area contributed by atoms with Crippen LogP contribution >= 0.6 is 11.8 Å². The van der Waals surface area contributed by atoms with Crippen LogP contribution < -0.4 is 4.74 Å². The van der Waals surface area contributed by atoms with Gasteiger partial charge in [0.1, 0.15) is 12.4 Å². The minimum absolute atomic E-state index is 0.0542. The summed E-state index contributed by atoms with van der Waals surface area (Å²) in [6.45, 7) is 5.12. The van der Waals surface area contributed by atoms with Crippen LogP contribution in [0, 0.1) is 0 Å². The van der Waals surface area contributed by atoms with Crippen molar-refractivity contribution in [2.45, 2.75) is 50.7 Å². The molecule has 1 atom stereocenters. The maximum absolute atomic E-state index is 12.8. The Bertz CT molecular complexity index is 1010. The number of tetrazole rings is 1. The highest BCUT2D eigenvalue weighted by Crippen LogP contribution is 2.20. The van der Waals surface area contributed by atoms with Crippen molar-refractivity contribution in [1.29, 1.82) is 0 Å². The van der Waals surface area contributed by atoms with Crippen LogP contribution in [0.2, 0.25) is 0 Å². The van der Waals surface area contributed by atoms with Gasteiger partial charge in [0.25, 0.3) is 0 Å². The van der Waals surface area contributed by atoms with Gasteiger partial charge in [0.15, 0.2) is 0 Å². The second-order valence-electron chi connectivity index (χ2n) is 7.89. The minimum atomic E-state index is 0.0542. The van der Waals surface area contributed by atoms with Crippen LogP contribution in [0.15, 0.2) is 59.8 Å². The van der Waals surface area contributed by atoms with Crippen LogP contribution in [0.3, 0.4) is 0 Å². The molecule has 0 saturated carbocycles. The fourth-order valence-corrected chi connectivity index (χ4v) is 4.43. The van der Waals surface area contributed by atoms with Gasteiger partial charge in [-0.15, -0.1) is 5.10 Å². The first-order valence-corrected chi connectivity index (χ1v) is 12.2. The lowest BCUT2D eigenvalue weighted by Gasteiger charge is -2.21. The van der Waals surface area contributed by atoms with Crippen molar-refractivity contribution < 1.29 is 14.3 Å². The van der Waals surface area contributed by atoms with E-state index in [2.05, 4.69) is 15.5 Å². The second-order valence-corrected chi connectivity index (χ2v) is 8.84. The Morgan fingerprint density at radius 1 is 1.18 bits per heavy atom. The number of amides is 1. The van der Waals surface area contributed by atoms with E-state index in [-0.39, 0.29) is 17.8 Å². The minimum Gasteiger partial charge on any atom is -0.489 e. The number of nitrogens with zero attached hydrogens (tertiary/aromatic N) is 5. The average molecular weight is 468 g/mol. The molecule has 8 nitrogen and oxygen atoms in total. The summed E-state index contributed by atoms with van der Waals surface area (Å²) < 4.78 is 13.3. The lowest BCUT2D eigenvalue weighted by atomic mass is 10.2. The summed E-state index contributed by atoms with van der Waals surface area (Å²) in [7, 11) is 0. The molecule has 1 amide bonds. The van der Waals surface area contributed by atoms with Crippen molar-refractivity contribution >= 4 is 17.7 Å². The highest BCUT2D eigenvalue weighted by molar-refractivity contribution is 7.99. The van der Waals surface area contributed by atoms with Crippen molar-refractivity contribution in [2.24, 2.45) is 0 Å². The summed E-state index contributed by atoms with van der Waals surface area (Å²) in [5, 5.41) is 12.5. The van der Waals surface area contributed by atoms with E-state index in [0.29, 0.717) is 31.4 Å². The number of benzene rings is 2. The molecular formula is C24H29N5O3S. The van der Waals surface area contributed by atoms with E-state index in [1.807, 2.05) is 66.4 Å². The third-order valence-corrected chi connectivity index (χ3v) is 6.45. The molecule has 1 unspecified atom stereocenters. The highest BCUT2D eigenvalue weighted by atomic mass is 32.2. The molecule has 4 rings (SSSR count). The number of carbonyl (C=O) groups is 1. The maximum Gasteiger partial charge on any atom is 0.233 e. The lowest BCUT2D eigenvalue weighted by Crippen LogP contribution is -2.31. The number of thioether (sulfide) groups is 1. The van der Waals surface area contributed by atoms with Gasteiger partial charge < -0.3 is 14.4 Å². The molecular weight excluding hydrogens is 438 g/mol. The molecule has 1 aliphatic heterocycles. The Morgan fingerprint density at radius 3 is 2.73 bits per heavy atom. The fraction of sp³-hybridized carbons (Fsp3) is 0.417. The third kappa shape index (κ3) is 6.79.